The number of alkyl halides is 3. The summed E-state index contributed by atoms with van der Waals surface area (Å²) in [5.41, 5.74) is -3.10. The highest BCUT2D eigenvalue weighted by molar-refractivity contribution is 5.76. The summed E-state index contributed by atoms with van der Waals surface area (Å²) in [6.07, 6.45) is -2.42. The van der Waals surface area contributed by atoms with Gasteiger partial charge in [-0.1, -0.05) is 0 Å². The Morgan fingerprint density at radius 2 is 1.84 bits per heavy atom. The number of hydrogen-bond donors (Lipinski definition) is 2. The van der Waals surface area contributed by atoms with Crippen molar-refractivity contribution in [3.8, 4) is 0 Å². The zero-order valence-electron chi connectivity index (χ0n) is 18.5. The van der Waals surface area contributed by atoms with Crippen molar-refractivity contribution in [3.63, 3.8) is 0 Å². The van der Waals surface area contributed by atoms with Crippen LogP contribution >= 0.6 is 0 Å². The molecule has 1 aromatic heterocycles. The number of piperidine rings is 1. The predicted molar refractivity (Wildman–Crippen MR) is 109 cm³/mol. The van der Waals surface area contributed by atoms with Crippen molar-refractivity contribution in [2.75, 3.05) is 13.1 Å². The van der Waals surface area contributed by atoms with Gasteiger partial charge in [-0.3, -0.25) is 9.59 Å². The minimum Gasteiger partial charge on any atom is -0.444 e. The molecule has 1 fully saturated rings. The van der Waals surface area contributed by atoms with Crippen molar-refractivity contribution < 1.29 is 27.5 Å². The number of carbonyl (C=O) groups excluding carboxylic acids is 2. The van der Waals surface area contributed by atoms with E-state index in [1.807, 2.05) is 25.9 Å². The molecule has 32 heavy (non-hydrogen) atoms. The topological polar surface area (TPSA) is 104 Å². The second-order valence-corrected chi connectivity index (χ2v) is 9.40. The number of fused-ring (bicyclic) bond motifs is 1. The maximum atomic E-state index is 13.2. The van der Waals surface area contributed by atoms with E-state index in [-0.39, 0.29) is 48.4 Å². The lowest BCUT2D eigenvalue weighted by Gasteiger charge is -2.33. The maximum absolute atomic E-state index is 13.2. The Morgan fingerprint density at radius 3 is 2.44 bits per heavy atom. The average molecular weight is 458 g/mol. The number of halogens is 3. The van der Waals surface area contributed by atoms with E-state index in [0.717, 1.165) is 12.8 Å². The molecule has 11 heteroatoms. The van der Waals surface area contributed by atoms with E-state index < -0.39 is 28.9 Å². The second kappa shape index (κ2) is 9.11. The smallest absolute Gasteiger partial charge is 0.422 e. The zero-order valence-corrected chi connectivity index (χ0v) is 18.5. The average Bonchev–Trinajstić information content (AvgIpc) is 3.06. The number of rotatable bonds is 4. The first-order chi connectivity index (χ1) is 14.8. The van der Waals surface area contributed by atoms with Gasteiger partial charge in [0, 0.05) is 19.5 Å². The van der Waals surface area contributed by atoms with Crippen molar-refractivity contribution in [1.29, 1.82) is 0 Å². The number of ether oxygens (including phenoxy) is 1. The van der Waals surface area contributed by atoms with Crippen LogP contribution in [0, 0.1) is 5.92 Å². The fraction of sp³-hybridized carbons (Fsp3) is 0.714. The summed E-state index contributed by atoms with van der Waals surface area (Å²) in [5.74, 6) is 0.0144. The van der Waals surface area contributed by atoms with Gasteiger partial charge < -0.3 is 15.0 Å². The van der Waals surface area contributed by atoms with Crippen LogP contribution in [0.15, 0.2) is 4.79 Å². The van der Waals surface area contributed by atoms with E-state index in [4.69, 9.17) is 4.74 Å². The maximum Gasteiger partial charge on any atom is 0.422 e. The number of nitrogens with zero attached hydrogens (tertiary/aromatic N) is 2. The van der Waals surface area contributed by atoms with Crippen molar-refractivity contribution in [1.82, 2.24) is 20.4 Å². The molecule has 0 aromatic carbocycles. The lowest BCUT2D eigenvalue weighted by atomic mass is 9.92. The lowest BCUT2D eigenvalue weighted by Crippen LogP contribution is -2.41. The summed E-state index contributed by atoms with van der Waals surface area (Å²) in [5, 5.41) is 8.42. The minimum atomic E-state index is -4.77. The van der Waals surface area contributed by atoms with E-state index in [0.29, 0.717) is 19.5 Å². The Morgan fingerprint density at radius 1 is 1.19 bits per heavy atom. The number of amides is 2. The molecule has 0 spiro atoms. The molecule has 1 aliphatic carbocycles. The van der Waals surface area contributed by atoms with Crippen LogP contribution in [-0.4, -0.2) is 45.8 Å². The number of aromatic amines is 1. The molecule has 2 heterocycles. The largest absolute Gasteiger partial charge is 0.444 e. The monoisotopic (exact) mass is 458 g/mol. The van der Waals surface area contributed by atoms with E-state index in [1.54, 1.807) is 4.90 Å². The standard InChI is InChI=1S/C21H29F3N4O4/c1-20(2,3)32-19(31)28-10-8-12(9-11-28)4-7-15(29)25-14-6-5-13-16(21(22,23)24)18(30)27-26-17(13)14/h12,14H,4-11H2,1-3H3,(H,25,29)(H,27,30). The number of hydrogen-bond acceptors (Lipinski definition) is 5. The van der Waals surface area contributed by atoms with Crippen LogP contribution in [0.1, 0.15) is 75.7 Å². The van der Waals surface area contributed by atoms with Gasteiger partial charge in [0.1, 0.15) is 11.2 Å². The molecule has 1 aromatic rings. The van der Waals surface area contributed by atoms with E-state index in [1.165, 1.54) is 0 Å². The molecule has 1 atom stereocenters. The van der Waals surface area contributed by atoms with Crippen molar-refractivity contribution >= 4 is 12.0 Å². The summed E-state index contributed by atoms with van der Waals surface area (Å²) in [6.45, 7) is 6.58. The Bertz CT molecular complexity index is 915. The van der Waals surface area contributed by atoms with Crippen molar-refractivity contribution in [3.05, 3.63) is 27.2 Å². The Balaban J connectivity index is 1.49. The Labute approximate surface area is 183 Å². The highest BCUT2D eigenvalue weighted by Gasteiger charge is 2.41. The van der Waals surface area contributed by atoms with Gasteiger partial charge >= 0.3 is 12.3 Å². The molecular formula is C21H29F3N4O4. The van der Waals surface area contributed by atoms with Gasteiger partial charge in [-0.15, -0.1) is 0 Å². The fourth-order valence-electron chi connectivity index (χ4n) is 4.24. The molecule has 178 valence electrons. The summed E-state index contributed by atoms with van der Waals surface area (Å²) in [6, 6.07) is -0.649. The third-order valence-electron chi connectivity index (χ3n) is 5.79. The summed E-state index contributed by atoms with van der Waals surface area (Å²) >= 11 is 0. The molecular weight excluding hydrogens is 429 g/mol. The van der Waals surface area contributed by atoms with Gasteiger partial charge in [-0.05, 0) is 64.4 Å². The van der Waals surface area contributed by atoms with Crippen LogP contribution in [-0.2, 0) is 22.1 Å². The van der Waals surface area contributed by atoms with Crippen LogP contribution < -0.4 is 10.9 Å². The van der Waals surface area contributed by atoms with Crippen LogP contribution in [0.25, 0.3) is 0 Å². The van der Waals surface area contributed by atoms with Gasteiger partial charge in [0.2, 0.25) is 5.91 Å². The third-order valence-corrected chi connectivity index (χ3v) is 5.79. The molecule has 1 saturated heterocycles. The summed E-state index contributed by atoms with van der Waals surface area (Å²) in [4.78, 5) is 37.8. The second-order valence-electron chi connectivity index (χ2n) is 9.40. The quantitative estimate of drug-likeness (QED) is 0.720. The van der Waals surface area contributed by atoms with Crippen LogP contribution in [0.2, 0.25) is 0 Å². The molecule has 8 nitrogen and oxygen atoms in total. The van der Waals surface area contributed by atoms with Crippen molar-refractivity contribution in [2.45, 2.75) is 77.1 Å². The first kappa shape index (κ1) is 24.1. The predicted octanol–water partition coefficient (Wildman–Crippen LogP) is 3.32. The SMILES string of the molecule is CC(C)(C)OC(=O)N1CCC(CCC(=O)NC2CCc3c2n[nH]c(=O)c3C(F)(F)F)CC1. The number of carbonyl (C=O) groups is 2. The highest BCUT2D eigenvalue weighted by atomic mass is 19.4. The molecule has 1 unspecified atom stereocenters. The van der Waals surface area contributed by atoms with Gasteiger partial charge in [0.15, 0.2) is 0 Å². The normalized spacial score (nSPS) is 19.6. The first-order valence-corrected chi connectivity index (χ1v) is 10.8. The minimum absolute atomic E-state index is 0.0369. The number of aromatic nitrogens is 2. The van der Waals surface area contributed by atoms with E-state index >= 15 is 0 Å². The van der Waals surface area contributed by atoms with Crippen LogP contribution in [0.4, 0.5) is 18.0 Å². The summed E-state index contributed by atoms with van der Waals surface area (Å²) < 4.78 is 45.0. The third kappa shape index (κ3) is 5.80. The van der Waals surface area contributed by atoms with E-state index in [9.17, 15) is 27.6 Å². The molecule has 2 amide bonds. The van der Waals surface area contributed by atoms with Gasteiger partial charge in [-0.2, -0.15) is 18.3 Å². The highest BCUT2D eigenvalue weighted by Crippen LogP contribution is 2.37. The molecule has 2 N–H and O–H groups in total. The first-order valence-electron chi connectivity index (χ1n) is 10.8. The summed E-state index contributed by atoms with van der Waals surface area (Å²) in [7, 11) is 0. The zero-order chi connectivity index (χ0) is 23.7. The number of nitrogens with one attached hydrogen (secondary N) is 2. The lowest BCUT2D eigenvalue weighted by molar-refractivity contribution is -0.139. The molecule has 0 bridgehead atoms. The van der Waals surface area contributed by atoms with Gasteiger partial charge in [0.25, 0.3) is 5.56 Å². The Hall–Kier alpha value is -2.59. The van der Waals surface area contributed by atoms with Crippen molar-refractivity contribution in [2.24, 2.45) is 5.92 Å². The van der Waals surface area contributed by atoms with Crippen LogP contribution in [0.5, 0.6) is 0 Å². The Kier molecular flexibility index (Phi) is 6.85. The molecule has 1 aliphatic heterocycles. The number of likely N-dealkylation sites (tertiary alicyclic amines) is 1. The molecule has 3 rings (SSSR count). The molecule has 2 aliphatic rings. The molecule has 0 radical (unpaired) electrons. The van der Waals surface area contributed by atoms with E-state index in [2.05, 4.69) is 10.4 Å². The van der Waals surface area contributed by atoms with Gasteiger partial charge in [-0.25, -0.2) is 9.89 Å². The van der Waals surface area contributed by atoms with Gasteiger partial charge in [0.05, 0.1) is 11.7 Å². The fourth-order valence-corrected chi connectivity index (χ4v) is 4.24. The molecule has 0 saturated carbocycles. The van der Waals surface area contributed by atoms with Crippen LogP contribution in [0.3, 0.4) is 0 Å². The number of H-pyrrole nitrogens is 1.